The number of benzene rings is 1. The van der Waals surface area contributed by atoms with Crippen molar-refractivity contribution in [3.05, 3.63) is 42.2 Å². The molecular formula is C22H22O9. The van der Waals surface area contributed by atoms with Crippen molar-refractivity contribution in [1.29, 1.82) is 0 Å². The average Bonchev–Trinajstić information content (AvgIpc) is 3.15. The molecular weight excluding hydrogens is 408 g/mol. The summed E-state index contributed by atoms with van der Waals surface area (Å²) in [5.74, 6) is -2.87. The SMILES string of the molecule is COC(=O)C1(OC(C)=O)C=C(c2ccc3occc3c2)C(OC(C)=O)C(OC(C)=O)C1. The summed E-state index contributed by atoms with van der Waals surface area (Å²) in [6.45, 7) is 3.55. The van der Waals surface area contributed by atoms with Crippen molar-refractivity contribution in [3.8, 4) is 0 Å². The third-order valence-electron chi connectivity index (χ3n) is 4.79. The van der Waals surface area contributed by atoms with Gasteiger partial charge in [-0.1, -0.05) is 6.07 Å². The van der Waals surface area contributed by atoms with Gasteiger partial charge in [-0.3, -0.25) is 14.4 Å². The van der Waals surface area contributed by atoms with E-state index in [2.05, 4.69) is 0 Å². The molecule has 1 aliphatic rings. The van der Waals surface area contributed by atoms with Gasteiger partial charge in [0.2, 0.25) is 5.60 Å². The molecule has 0 aliphatic heterocycles. The maximum Gasteiger partial charge on any atom is 0.354 e. The summed E-state index contributed by atoms with van der Waals surface area (Å²) in [6.07, 6.45) is 0.467. The van der Waals surface area contributed by atoms with Crippen molar-refractivity contribution < 1.29 is 42.5 Å². The number of hydrogen-bond donors (Lipinski definition) is 0. The van der Waals surface area contributed by atoms with Crippen molar-refractivity contribution in [3.63, 3.8) is 0 Å². The molecule has 0 fully saturated rings. The standard InChI is InChI=1S/C22H22O9/c1-12(23)29-19-11-22(21(26)27-4,31-14(3)25)10-17(20(19)30-13(2)24)15-5-6-18-16(9-15)7-8-28-18/h5-10,19-20H,11H2,1-4H3. The molecule has 3 atom stereocenters. The lowest BCUT2D eigenvalue weighted by Gasteiger charge is -2.39. The average molecular weight is 430 g/mol. The van der Waals surface area contributed by atoms with Crippen LogP contribution in [0.1, 0.15) is 32.8 Å². The van der Waals surface area contributed by atoms with Crippen LogP contribution in [0.4, 0.5) is 0 Å². The van der Waals surface area contributed by atoms with Gasteiger partial charge in [0.05, 0.1) is 13.4 Å². The maximum atomic E-state index is 12.7. The molecule has 3 rings (SSSR count). The summed E-state index contributed by atoms with van der Waals surface area (Å²) < 4.78 is 26.5. The molecule has 2 aromatic rings. The lowest BCUT2D eigenvalue weighted by molar-refractivity contribution is -0.184. The largest absolute Gasteiger partial charge is 0.466 e. The number of esters is 4. The van der Waals surface area contributed by atoms with Gasteiger partial charge < -0.3 is 23.4 Å². The van der Waals surface area contributed by atoms with Gasteiger partial charge in [0, 0.05) is 38.2 Å². The first kappa shape index (κ1) is 22.1. The lowest BCUT2D eigenvalue weighted by atomic mass is 9.79. The molecule has 0 saturated heterocycles. The Bertz CT molecular complexity index is 1060. The smallest absolute Gasteiger partial charge is 0.354 e. The van der Waals surface area contributed by atoms with E-state index in [0.717, 1.165) is 19.4 Å². The number of rotatable bonds is 5. The number of methoxy groups -OCH3 is 1. The fraction of sp³-hybridized carbons (Fsp3) is 0.364. The van der Waals surface area contributed by atoms with E-state index in [0.29, 0.717) is 16.7 Å². The Kier molecular flexibility index (Phi) is 6.14. The van der Waals surface area contributed by atoms with Crippen molar-refractivity contribution in [2.45, 2.75) is 45.0 Å². The van der Waals surface area contributed by atoms with E-state index in [4.69, 9.17) is 23.4 Å². The lowest BCUT2D eigenvalue weighted by Crippen LogP contribution is -2.52. The predicted octanol–water partition coefficient (Wildman–Crippen LogP) is 2.56. The highest BCUT2D eigenvalue weighted by atomic mass is 16.6. The molecule has 9 heteroatoms. The van der Waals surface area contributed by atoms with Crippen LogP contribution in [0.25, 0.3) is 16.5 Å². The van der Waals surface area contributed by atoms with Crippen molar-refractivity contribution >= 4 is 40.4 Å². The molecule has 1 aromatic carbocycles. The molecule has 1 aromatic heterocycles. The first-order valence-electron chi connectivity index (χ1n) is 9.48. The molecule has 0 N–H and O–H groups in total. The molecule has 1 heterocycles. The van der Waals surface area contributed by atoms with Crippen LogP contribution in [0.5, 0.6) is 0 Å². The first-order valence-corrected chi connectivity index (χ1v) is 9.48. The van der Waals surface area contributed by atoms with Crippen LogP contribution in [0.2, 0.25) is 0 Å². The van der Waals surface area contributed by atoms with Crippen LogP contribution in [-0.4, -0.2) is 48.8 Å². The number of hydrogen-bond acceptors (Lipinski definition) is 9. The number of fused-ring (bicyclic) bond motifs is 1. The van der Waals surface area contributed by atoms with Crippen LogP contribution >= 0.6 is 0 Å². The Labute approximate surface area is 177 Å². The van der Waals surface area contributed by atoms with Crippen molar-refractivity contribution in [2.75, 3.05) is 7.11 Å². The molecule has 1 aliphatic carbocycles. The Morgan fingerprint density at radius 3 is 2.32 bits per heavy atom. The van der Waals surface area contributed by atoms with Gasteiger partial charge in [-0.05, 0) is 29.8 Å². The molecule has 3 unspecified atom stereocenters. The van der Waals surface area contributed by atoms with E-state index in [9.17, 15) is 19.2 Å². The second-order valence-corrected chi connectivity index (χ2v) is 7.13. The van der Waals surface area contributed by atoms with Gasteiger partial charge in [0.1, 0.15) is 11.7 Å². The predicted molar refractivity (Wildman–Crippen MR) is 106 cm³/mol. The van der Waals surface area contributed by atoms with Crippen LogP contribution in [0.3, 0.4) is 0 Å². The highest BCUT2D eigenvalue weighted by Gasteiger charge is 2.52. The molecule has 164 valence electrons. The summed E-state index contributed by atoms with van der Waals surface area (Å²) in [5, 5.41) is 0.755. The van der Waals surface area contributed by atoms with E-state index >= 15 is 0 Å². The van der Waals surface area contributed by atoms with Crippen LogP contribution in [0, 0.1) is 0 Å². The zero-order valence-electron chi connectivity index (χ0n) is 17.5. The second kappa shape index (κ2) is 8.63. The number of carbonyl (C=O) groups excluding carboxylic acids is 4. The Morgan fingerprint density at radius 2 is 1.71 bits per heavy atom. The van der Waals surface area contributed by atoms with E-state index in [1.54, 1.807) is 24.3 Å². The third-order valence-corrected chi connectivity index (χ3v) is 4.79. The van der Waals surface area contributed by atoms with Crippen molar-refractivity contribution in [2.24, 2.45) is 0 Å². The minimum atomic E-state index is -1.88. The monoisotopic (exact) mass is 430 g/mol. The quantitative estimate of drug-likeness (QED) is 0.521. The highest BCUT2D eigenvalue weighted by molar-refractivity contribution is 5.91. The second-order valence-electron chi connectivity index (χ2n) is 7.13. The minimum Gasteiger partial charge on any atom is -0.466 e. The van der Waals surface area contributed by atoms with Crippen LogP contribution in [0.15, 0.2) is 41.0 Å². The molecule has 0 saturated carbocycles. The fourth-order valence-electron chi connectivity index (χ4n) is 3.71. The maximum absolute atomic E-state index is 12.7. The van der Waals surface area contributed by atoms with Gasteiger partial charge in [-0.2, -0.15) is 0 Å². The summed E-state index contributed by atoms with van der Waals surface area (Å²) in [6, 6.07) is 6.90. The molecule has 0 bridgehead atoms. The Balaban J connectivity index is 2.24. The first-order chi connectivity index (χ1) is 14.6. The van der Waals surface area contributed by atoms with Crippen LogP contribution < -0.4 is 0 Å². The topological polar surface area (TPSA) is 118 Å². The van der Waals surface area contributed by atoms with E-state index in [1.807, 2.05) is 0 Å². The van der Waals surface area contributed by atoms with E-state index < -0.39 is 41.7 Å². The van der Waals surface area contributed by atoms with Gasteiger partial charge in [-0.15, -0.1) is 0 Å². The zero-order valence-corrected chi connectivity index (χ0v) is 17.5. The number of furan rings is 1. The normalized spacial score (nSPS) is 22.9. The minimum absolute atomic E-state index is 0.283. The zero-order chi connectivity index (χ0) is 22.8. The summed E-state index contributed by atoms with van der Waals surface area (Å²) >= 11 is 0. The molecule has 0 amide bonds. The van der Waals surface area contributed by atoms with Gasteiger partial charge in [0.15, 0.2) is 6.10 Å². The van der Waals surface area contributed by atoms with Gasteiger partial charge in [-0.25, -0.2) is 4.79 Å². The van der Waals surface area contributed by atoms with E-state index in [-0.39, 0.29) is 6.42 Å². The molecule has 31 heavy (non-hydrogen) atoms. The number of ether oxygens (including phenoxy) is 4. The summed E-state index contributed by atoms with van der Waals surface area (Å²) in [7, 11) is 1.15. The Hall–Kier alpha value is -3.62. The molecule has 0 spiro atoms. The molecule has 9 nitrogen and oxygen atoms in total. The van der Waals surface area contributed by atoms with E-state index in [1.165, 1.54) is 26.2 Å². The van der Waals surface area contributed by atoms with Crippen molar-refractivity contribution in [1.82, 2.24) is 0 Å². The Morgan fingerprint density at radius 1 is 1.00 bits per heavy atom. The third kappa shape index (κ3) is 4.60. The highest BCUT2D eigenvalue weighted by Crippen LogP contribution is 2.40. The van der Waals surface area contributed by atoms with Crippen LogP contribution in [-0.2, 0) is 38.1 Å². The number of carbonyl (C=O) groups is 4. The van der Waals surface area contributed by atoms with Gasteiger partial charge in [0.25, 0.3) is 0 Å². The molecule has 0 radical (unpaired) electrons. The summed E-state index contributed by atoms with van der Waals surface area (Å²) in [4.78, 5) is 48.2. The summed E-state index contributed by atoms with van der Waals surface area (Å²) in [5.41, 5.74) is -0.377. The van der Waals surface area contributed by atoms with Gasteiger partial charge >= 0.3 is 23.9 Å². The fourth-order valence-corrected chi connectivity index (χ4v) is 3.71.